The molecule has 0 aromatic heterocycles. The van der Waals surface area contributed by atoms with Crippen LogP contribution in [0.1, 0.15) is 32.6 Å². The van der Waals surface area contributed by atoms with Gasteiger partial charge in [-0.1, -0.05) is 6.42 Å². The van der Waals surface area contributed by atoms with Gasteiger partial charge in [0.15, 0.2) is 0 Å². The molecule has 0 amide bonds. The molecular formula is C9H17NO. The molecule has 2 saturated carbocycles. The second kappa shape index (κ2) is 2.46. The summed E-state index contributed by atoms with van der Waals surface area (Å²) >= 11 is 0. The van der Waals surface area contributed by atoms with E-state index in [-0.39, 0.29) is 0 Å². The molecule has 2 unspecified atom stereocenters. The van der Waals surface area contributed by atoms with Crippen LogP contribution in [0.2, 0.25) is 0 Å². The summed E-state index contributed by atoms with van der Waals surface area (Å²) in [6, 6.07) is 0.438. The topological polar surface area (TPSA) is 35.2 Å². The van der Waals surface area contributed by atoms with E-state index in [0.717, 1.165) is 13.0 Å². The molecule has 2 N–H and O–H groups in total. The fraction of sp³-hybridized carbons (Fsp3) is 1.00. The molecule has 2 rings (SSSR count). The van der Waals surface area contributed by atoms with Crippen LogP contribution in [0.4, 0.5) is 0 Å². The highest BCUT2D eigenvalue weighted by atomic mass is 16.5. The van der Waals surface area contributed by atoms with Crippen LogP contribution in [0.25, 0.3) is 0 Å². The monoisotopic (exact) mass is 155 g/mol. The van der Waals surface area contributed by atoms with Crippen LogP contribution in [-0.4, -0.2) is 18.8 Å². The quantitative estimate of drug-likeness (QED) is 0.652. The van der Waals surface area contributed by atoms with E-state index in [0.29, 0.717) is 17.6 Å². The minimum Gasteiger partial charge on any atom is -0.378 e. The molecule has 11 heavy (non-hydrogen) atoms. The predicted octanol–water partition coefficient (Wildman–Crippen LogP) is 1.29. The Bertz CT molecular complexity index is 152. The van der Waals surface area contributed by atoms with Crippen LogP contribution >= 0.6 is 0 Å². The fourth-order valence-electron chi connectivity index (χ4n) is 2.49. The van der Waals surface area contributed by atoms with Crippen LogP contribution in [-0.2, 0) is 4.74 Å². The highest BCUT2D eigenvalue weighted by Gasteiger charge is 2.57. The number of ether oxygens (including phenoxy) is 1. The number of hydrogen-bond acceptors (Lipinski definition) is 2. The molecule has 2 aliphatic rings. The standard InChI is InChI=1S/C9H17NO/c1-2-11-8-6-7(10)9(8)4-3-5-9/h7-8H,2-6,10H2,1H3. The molecule has 2 fully saturated rings. The first kappa shape index (κ1) is 7.56. The zero-order chi connectivity index (χ0) is 7.90. The van der Waals surface area contributed by atoms with Gasteiger partial charge in [0.05, 0.1) is 6.10 Å². The van der Waals surface area contributed by atoms with Crippen molar-refractivity contribution >= 4 is 0 Å². The SMILES string of the molecule is CCOC1CC(N)C12CCC2. The van der Waals surface area contributed by atoms with Gasteiger partial charge in [-0.15, -0.1) is 0 Å². The molecule has 2 nitrogen and oxygen atoms in total. The Balaban J connectivity index is 1.94. The third-order valence-corrected chi connectivity index (χ3v) is 3.50. The second-order valence-electron chi connectivity index (χ2n) is 3.87. The first-order valence-corrected chi connectivity index (χ1v) is 4.67. The summed E-state index contributed by atoms with van der Waals surface area (Å²) in [5.41, 5.74) is 6.39. The van der Waals surface area contributed by atoms with Crippen molar-refractivity contribution in [1.29, 1.82) is 0 Å². The van der Waals surface area contributed by atoms with Crippen molar-refractivity contribution in [3.63, 3.8) is 0 Å². The Kier molecular flexibility index (Phi) is 1.69. The van der Waals surface area contributed by atoms with Gasteiger partial charge in [0.2, 0.25) is 0 Å². The van der Waals surface area contributed by atoms with E-state index in [1.165, 1.54) is 19.3 Å². The Hall–Kier alpha value is -0.0800. The second-order valence-corrected chi connectivity index (χ2v) is 3.87. The lowest BCUT2D eigenvalue weighted by Crippen LogP contribution is -2.65. The first-order valence-electron chi connectivity index (χ1n) is 4.67. The number of hydrogen-bond donors (Lipinski definition) is 1. The molecule has 2 atom stereocenters. The molecule has 0 aromatic rings. The van der Waals surface area contributed by atoms with Crippen LogP contribution in [0.5, 0.6) is 0 Å². The lowest BCUT2D eigenvalue weighted by atomic mass is 9.51. The summed E-state index contributed by atoms with van der Waals surface area (Å²) in [4.78, 5) is 0. The minimum absolute atomic E-state index is 0.427. The van der Waals surface area contributed by atoms with Crippen molar-refractivity contribution in [3.05, 3.63) is 0 Å². The normalized spacial score (nSPS) is 39.8. The molecule has 0 aromatic carbocycles. The van der Waals surface area contributed by atoms with Crippen molar-refractivity contribution in [3.8, 4) is 0 Å². The van der Waals surface area contributed by atoms with Gasteiger partial charge in [0.1, 0.15) is 0 Å². The summed E-state index contributed by atoms with van der Waals surface area (Å²) in [5.74, 6) is 0. The van der Waals surface area contributed by atoms with Gasteiger partial charge in [-0.25, -0.2) is 0 Å². The summed E-state index contributed by atoms with van der Waals surface area (Å²) in [6.45, 7) is 2.91. The van der Waals surface area contributed by atoms with E-state index in [1.807, 2.05) is 0 Å². The molecule has 0 saturated heterocycles. The highest BCUT2D eigenvalue weighted by Crippen LogP contribution is 2.56. The van der Waals surface area contributed by atoms with Crippen molar-refractivity contribution in [1.82, 2.24) is 0 Å². The van der Waals surface area contributed by atoms with Gasteiger partial charge in [0, 0.05) is 18.1 Å². The summed E-state index contributed by atoms with van der Waals surface area (Å²) in [6.07, 6.45) is 5.55. The van der Waals surface area contributed by atoms with Gasteiger partial charge >= 0.3 is 0 Å². The zero-order valence-corrected chi connectivity index (χ0v) is 7.18. The Labute approximate surface area is 68.1 Å². The molecule has 0 radical (unpaired) electrons. The van der Waals surface area contributed by atoms with Crippen molar-refractivity contribution in [2.45, 2.75) is 44.8 Å². The lowest BCUT2D eigenvalue weighted by Gasteiger charge is -2.59. The molecule has 2 heteroatoms. The van der Waals surface area contributed by atoms with E-state index in [9.17, 15) is 0 Å². The maximum atomic E-state index is 5.96. The minimum atomic E-state index is 0.427. The maximum Gasteiger partial charge on any atom is 0.0660 e. The predicted molar refractivity (Wildman–Crippen MR) is 44.3 cm³/mol. The Morgan fingerprint density at radius 2 is 2.27 bits per heavy atom. The average Bonchev–Trinajstić information content (AvgIpc) is 1.83. The third-order valence-electron chi connectivity index (χ3n) is 3.50. The Morgan fingerprint density at radius 3 is 2.64 bits per heavy atom. The van der Waals surface area contributed by atoms with Crippen LogP contribution in [0.15, 0.2) is 0 Å². The molecule has 0 heterocycles. The molecule has 2 aliphatic carbocycles. The van der Waals surface area contributed by atoms with Crippen molar-refractivity contribution in [2.75, 3.05) is 6.61 Å². The van der Waals surface area contributed by atoms with Crippen LogP contribution in [0, 0.1) is 5.41 Å². The summed E-state index contributed by atoms with van der Waals surface area (Å²) in [7, 11) is 0. The van der Waals surface area contributed by atoms with Gasteiger partial charge in [-0.2, -0.15) is 0 Å². The largest absolute Gasteiger partial charge is 0.378 e. The molecule has 0 aliphatic heterocycles. The van der Waals surface area contributed by atoms with E-state index < -0.39 is 0 Å². The third kappa shape index (κ3) is 0.859. The molecule has 64 valence electrons. The number of nitrogens with two attached hydrogens (primary N) is 1. The van der Waals surface area contributed by atoms with E-state index in [2.05, 4.69) is 6.92 Å². The van der Waals surface area contributed by atoms with Gasteiger partial charge in [-0.05, 0) is 26.2 Å². The summed E-state index contributed by atoms with van der Waals surface area (Å²) in [5, 5.41) is 0. The molecule has 1 spiro atoms. The van der Waals surface area contributed by atoms with Crippen molar-refractivity contribution < 1.29 is 4.74 Å². The van der Waals surface area contributed by atoms with E-state index in [1.54, 1.807) is 0 Å². The number of rotatable bonds is 2. The van der Waals surface area contributed by atoms with E-state index in [4.69, 9.17) is 10.5 Å². The smallest absolute Gasteiger partial charge is 0.0660 e. The highest BCUT2D eigenvalue weighted by molar-refractivity contribution is 5.10. The summed E-state index contributed by atoms with van der Waals surface area (Å²) < 4.78 is 5.63. The lowest BCUT2D eigenvalue weighted by molar-refractivity contribution is -0.163. The van der Waals surface area contributed by atoms with Crippen molar-refractivity contribution in [2.24, 2.45) is 11.1 Å². The first-order chi connectivity index (χ1) is 5.29. The van der Waals surface area contributed by atoms with Gasteiger partial charge in [0.25, 0.3) is 0 Å². The zero-order valence-electron chi connectivity index (χ0n) is 7.18. The molecule has 0 bridgehead atoms. The fourth-order valence-corrected chi connectivity index (χ4v) is 2.49. The van der Waals surface area contributed by atoms with Gasteiger partial charge in [-0.3, -0.25) is 0 Å². The van der Waals surface area contributed by atoms with Crippen LogP contribution < -0.4 is 5.73 Å². The average molecular weight is 155 g/mol. The van der Waals surface area contributed by atoms with E-state index >= 15 is 0 Å². The van der Waals surface area contributed by atoms with Crippen LogP contribution in [0.3, 0.4) is 0 Å². The molecular weight excluding hydrogens is 138 g/mol. The Morgan fingerprint density at radius 1 is 1.55 bits per heavy atom. The van der Waals surface area contributed by atoms with Gasteiger partial charge < -0.3 is 10.5 Å². The maximum absolute atomic E-state index is 5.96.